The van der Waals surface area contributed by atoms with Crippen LogP contribution in [-0.2, 0) is 30.7 Å². The van der Waals surface area contributed by atoms with Crippen molar-refractivity contribution in [1.82, 2.24) is 9.80 Å². The summed E-state index contributed by atoms with van der Waals surface area (Å²) in [6.07, 6.45) is 0. The molecule has 1 heterocycles. The molecule has 1 aliphatic rings. The zero-order valence-electron chi connectivity index (χ0n) is 15.7. The average molecular weight is 398 g/mol. The molecule has 0 unspecified atom stereocenters. The van der Waals surface area contributed by atoms with E-state index in [9.17, 15) is 18.0 Å². The monoisotopic (exact) mass is 398 g/mol. The minimum atomic E-state index is -2.99. The fraction of sp³-hybridized carbons (Fsp3) is 0.556. The van der Waals surface area contributed by atoms with Gasteiger partial charge in [0.25, 0.3) is 5.91 Å². The van der Waals surface area contributed by atoms with E-state index >= 15 is 0 Å². The second kappa shape index (κ2) is 9.70. The number of nitrogens with zero attached hydrogens (tertiary/aromatic N) is 2. The van der Waals surface area contributed by atoms with Gasteiger partial charge in [0.15, 0.2) is 16.4 Å². The fourth-order valence-corrected chi connectivity index (χ4v) is 3.89. The van der Waals surface area contributed by atoms with Crippen LogP contribution in [-0.4, -0.2) is 81.5 Å². The zero-order chi connectivity index (χ0) is 19.9. The maximum atomic E-state index is 12.1. The number of amides is 1. The normalized spacial score (nSPS) is 16.5. The predicted molar refractivity (Wildman–Crippen MR) is 100 cm³/mol. The molecule has 150 valence electrons. The van der Waals surface area contributed by atoms with Crippen molar-refractivity contribution in [3.05, 3.63) is 29.8 Å². The van der Waals surface area contributed by atoms with Crippen molar-refractivity contribution in [3.63, 3.8) is 0 Å². The Kier molecular flexibility index (Phi) is 7.61. The second-order valence-electron chi connectivity index (χ2n) is 6.42. The zero-order valence-corrected chi connectivity index (χ0v) is 16.5. The quantitative estimate of drug-likeness (QED) is 0.582. The Morgan fingerprint density at radius 2 is 1.78 bits per heavy atom. The van der Waals surface area contributed by atoms with Gasteiger partial charge in [-0.25, -0.2) is 8.42 Å². The van der Waals surface area contributed by atoms with E-state index in [4.69, 9.17) is 9.47 Å². The Labute approximate surface area is 160 Å². The third kappa shape index (κ3) is 7.18. The van der Waals surface area contributed by atoms with Crippen molar-refractivity contribution in [2.45, 2.75) is 13.5 Å². The highest BCUT2D eigenvalue weighted by molar-refractivity contribution is 7.91. The molecule has 1 amide bonds. The molecular weight excluding hydrogens is 372 g/mol. The first-order valence-corrected chi connectivity index (χ1v) is 10.7. The van der Waals surface area contributed by atoms with Crippen LogP contribution in [0, 0.1) is 0 Å². The third-order valence-electron chi connectivity index (χ3n) is 4.23. The fourth-order valence-electron chi connectivity index (χ4n) is 2.61. The minimum absolute atomic E-state index is 0.00853. The third-order valence-corrected chi connectivity index (χ3v) is 5.84. The maximum Gasteiger partial charge on any atom is 0.320 e. The van der Waals surface area contributed by atoms with Gasteiger partial charge in [0.05, 0.1) is 24.7 Å². The summed E-state index contributed by atoms with van der Waals surface area (Å²) in [6.45, 7) is 3.17. The van der Waals surface area contributed by atoms with Gasteiger partial charge in [-0.1, -0.05) is 12.1 Å². The van der Waals surface area contributed by atoms with Crippen molar-refractivity contribution < 1.29 is 27.5 Å². The van der Waals surface area contributed by atoms with Crippen LogP contribution in [0.25, 0.3) is 0 Å². The number of benzene rings is 1. The van der Waals surface area contributed by atoms with Crippen molar-refractivity contribution in [2.75, 3.05) is 51.4 Å². The second-order valence-corrected chi connectivity index (χ2v) is 8.72. The largest absolute Gasteiger partial charge is 0.494 e. The Morgan fingerprint density at radius 3 is 2.37 bits per heavy atom. The molecule has 27 heavy (non-hydrogen) atoms. The number of likely N-dealkylation sites (N-methyl/N-ethyl adjacent to an activating group) is 1. The molecule has 0 aromatic heterocycles. The van der Waals surface area contributed by atoms with E-state index in [0.29, 0.717) is 26.2 Å². The molecule has 0 atom stereocenters. The van der Waals surface area contributed by atoms with E-state index in [1.54, 1.807) is 11.9 Å². The highest BCUT2D eigenvalue weighted by Gasteiger charge is 2.23. The number of rotatable bonds is 8. The molecule has 0 spiro atoms. The van der Waals surface area contributed by atoms with Crippen LogP contribution in [0.2, 0.25) is 0 Å². The van der Waals surface area contributed by atoms with Gasteiger partial charge in [0.1, 0.15) is 5.75 Å². The van der Waals surface area contributed by atoms with Gasteiger partial charge in [-0.2, -0.15) is 0 Å². The molecule has 0 bridgehead atoms. The molecule has 0 radical (unpaired) electrons. The molecule has 1 aliphatic heterocycles. The highest BCUT2D eigenvalue weighted by Crippen LogP contribution is 2.13. The van der Waals surface area contributed by atoms with Crippen molar-refractivity contribution in [2.24, 2.45) is 0 Å². The number of hydrogen-bond donors (Lipinski definition) is 0. The molecule has 8 nitrogen and oxygen atoms in total. The van der Waals surface area contributed by atoms with Crippen molar-refractivity contribution >= 4 is 21.7 Å². The lowest BCUT2D eigenvalue weighted by Gasteiger charge is -2.25. The molecule has 9 heteroatoms. The van der Waals surface area contributed by atoms with Crippen LogP contribution in [0.5, 0.6) is 5.75 Å². The van der Waals surface area contributed by atoms with Gasteiger partial charge >= 0.3 is 5.97 Å². The first kappa shape index (κ1) is 21.2. The molecule has 0 saturated carbocycles. The number of ether oxygens (including phenoxy) is 2. The summed E-state index contributed by atoms with van der Waals surface area (Å²) in [5.41, 5.74) is 0.940. The van der Waals surface area contributed by atoms with Crippen LogP contribution in [0.4, 0.5) is 0 Å². The molecule has 1 saturated heterocycles. The van der Waals surface area contributed by atoms with E-state index in [2.05, 4.69) is 0 Å². The average Bonchev–Trinajstić information content (AvgIpc) is 2.63. The predicted octanol–water partition coefficient (Wildman–Crippen LogP) is 0.317. The summed E-state index contributed by atoms with van der Waals surface area (Å²) in [7, 11) is -1.35. The smallest absolute Gasteiger partial charge is 0.320 e. The van der Waals surface area contributed by atoms with Gasteiger partial charge in [-0.15, -0.1) is 0 Å². The summed E-state index contributed by atoms with van der Waals surface area (Å²) in [5.74, 6) is 0.0267. The van der Waals surface area contributed by atoms with Crippen LogP contribution in [0.15, 0.2) is 24.3 Å². The number of carbonyl (C=O) groups excluding carboxylic acids is 2. The Hall–Kier alpha value is -2.13. The van der Waals surface area contributed by atoms with E-state index in [1.807, 2.05) is 31.2 Å². The number of esters is 1. The Morgan fingerprint density at radius 1 is 1.15 bits per heavy atom. The van der Waals surface area contributed by atoms with Crippen LogP contribution in [0.1, 0.15) is 12.5 Å². The summed E-state index contributed by atoms with van der Waals surface area (Å²) in [5, 5.41) is 0. The number of hydrogen-bond acceptors (Lipinski definition) is 7. The molecule has 0 aliphatic carbocycles. The molecule has 0 N–H and O–H groups in total. The summed E-state index contributed by atoms with van der Waals surface area (Å²) in [4.78, 5) is 27.2. The van der Waals surface area contributed by atoms with E-state index in [0.717, 1.165) is 11.3 Å². The molecule has 1 aromatic rings. The topological polar surface area (TPSA) is 93.2 Å². The van der Waals surface area contributed by atoms with Gasteiger partial charge in [-0.3, -0.25) is 14.5 Å². The van der Waals surface area contributed by atoms with Crippen molar-refractivity contribution in [1.29, 1.82) is 0 Å². The lowest BCUT2D eigenvalue weighted by molar-refractivity contribution is -0.152. The molecular formula is C18H26N2O6S. The van der Waals surface area contributed by atoms with Gasteiger partial charge in [0, 0.05) is 26.7 Å². The number of sulfone groups is 1. The van der Waals surface area contributed by atoms with Crippen LogP contribution >= 0.6 is 0 Å². The van der Waals surface area contributed by atoms with E-state index in [-0.39, 0.29) is 30.6 Å². The molecule has 2 rings (SSSR count). The van der Waals surface area contributed by atoms with Gasteiger partial charge < -0.3 is 14.4 Å². The van der Waals surface area contributed by atoms with Gasteiger partial charge in [0.2, 0.25) is 0 Å². The first-order chi connectivity index (χ1) is 12.8. The van der Waals surface area contributed by atoms with Crippen LogP contribution < -0.4 is 4.74 Å². The van der Waals surface area contributed by atoms with E-state index < -0.39 is 15.8 Å². The minimum Gasteiger partial charge on any atom is -0.494 e. The Bertz CT molecular complexity index is 734. The maximum absolute atomic E-state index is 12.1. The Balaban J connectivity index is 1.71. The summed E-state index contributed by atoms with van der Waals surface area (Å²) >= 11 is 0. The van der Waals surface area contributed by atoms with E-state index in [1.165, 1.54) is 4.90 Å². The molecule has 1 fully saturated rings. The number of carbonyl (C=O) groups is 2. The lowest BCUT2D eigenvalue weighted by atomic mass is 10.2. The standard InChI is InChI=1S/C18H26N2O6S/c1-3-25-16-6-4-15(5-7-16)12-19(2)17(21)14-26-18(22)13-20-8-10-27(23,24)11-9-20/h4-7H,3,8-14H2,1-2H3. The first-order valence-electron chi connectivity index (χ1n) is 8.83. The highest BCUT2D eigenvalue weighted by atomic mass is 32.2. The lowest BCUT2D eigenvalue weighted by Crippen LogP contribution is -2.43. The van der Waals surface area contributed by atoms with Crippen molar-refractivity contribution in [3.8, 4) is 5.75 Å². The summed E-state index contributed by atoms with van der Waals surface area (Å²) in [6, 6.07) is 7.45. The SMILES string of the molecule is CCOc1ccc(CN(C)C(=O)COC(=O)CN2CCS(=O)(=O)CC2)cc1. The summed E-state index contributed by atoms with van der Waals surface area (Å²) < 4.78 is 33.2. The molecule has 1 aromatic carbocycles. The van der Waals surface area contributed by atoms with Gasteiger partial charge in [-0.05, 0) is 24.6 Å². The van der Waals surface area contributed by atoms with Crippen LogP contribution in [0.3, 0.4) is 0 Å².